The van der Waals surface area contributed by atoms with Crippen molar-refractivity contribution in [2.45, 2.75) is 6.42 Å². The van der Waals surface area contributed by atoms with E-state index >= 15 is 0 Å². The Morgan fingerprint density at radius 3 is 2.67 bits per heavy atom. The predicted molar refractivity (Wildman–Crippen MR) is 89.9 cm³/mol. The maximum absolute atomic E-state index is 11.6. The van der Waals surface area contributed by atoms with E-state index in [9.17, 15) is 4.79 Å². The second-order valence-electron chi connectivity index (χ2n) is 5.39. The van der Waals surface area contributed by atoms with Crippen LogP contribution in [0, 0.1) is 0 Å². The van der Waals surface area contributed by atoms with E-state index < -0.39 is 0 Å². The Kier molecular flexibility index (Phi) is 3.42. The summed E-state index contributed by atoms with van der Waals surface area (Å²) in [5.41, 5.74) is 3.99. The Morgan fingerprint density at radius 1 is 1.08 bits per heavy atom. The van der Waals surface area contributed by atoms with Crippen LogP contribution in [0.1, 0.15) is 5.69 Å². The number of hydrogen-bond acceptors (Lipinski definition) is 5. The molecule has 6 heteroatoms. The molecule has 2 aromatic heterocycles. The molecule has 4 rings (SSSR count). The number of pyridine rings is 1. The Bertz CT molecular complexity index is 1060. The minimum Gasteiger partial charge on any atom is -0.469 e. The van der Waals surface area contributed by atoms with E-state index in [-0.39, 0.29) is 12.4 Å². The standard InChI is InChI=1S/C18H14N4O2/c1-24-18(23)11-12-10-17(13-6-2-3-7-14(13)19-12)22-16-9-5-4-8-15(16)20-21-22/h2-10H,11H2,1H3. The first-order valence-corrected chi connectivity index (χ1v) is 7.52. The highest BCUT2D eigenvalue weighted by Crippen LogP contribution is 2.24. The van der Waals surface area contributed by atoms with Crippen LogP contribution in [-0.4, -0.2) is 33.1 Å². The van der Waals surface area contributed by atoms with Gasteiger partial charge in [0, 0.05) is 5.39 Å². The number of aromatic nitrogens is 4. The van der Waals surface area contributed by atoms with Crippen LogP contribution in [0.4, 0.5) is 0 Å². The number of carbonyl (C=O) groups is 1. The van der Waals surface area contributed by atoms with Crippen LogP contribution in [-0.2, 0) is 16.0 Å². The van der Waals surface area contributed by atoms with Crippen LogP contribution in [0.15, 0.2) is 54.6 Å². The molecule has 0 bridgehead atoms. The first kappa shape index (κ1) is 14.3. The number of ether oxygens (including phenoxy) is 1. The third kappa shape index (κ3) is 2.38. The first-order valence-electron chi connectivity index (χ1n) is 7.52. The summed E-state index contributed by atoms with van der Waals surface area (Å²) in [7, 11) is 1.37. The van der Waals surface area contributed by atoms with Gasteiger partial charge in [0.05, 0.1) is 35.9 Å². The normalized spacial score (nSPS) is 11.0. The summed E-state index contributed by atoms with van der Waals surface area (Å²) in [5, 5.41) is 9.43. The third-order valence-corrected chi connectivity index (χ3v) is 3.88. The summed E-state index contributed by atoms with van der Waals surface area (Å²) in [6.07, 6.45) is 0.112. The topological polar surface area (TPSA) is 69.9 Å². The molecule has 0 aliphatic rings. The minimum absolute atomic E-state index is 0.112. The van der Waals surface area contributed by atoms with Gasteiger partial charge in [-0.25, -0.2) is 4.68 Å². The molecule has 0 radical (unpaired) electrons. The fourth-order valence-electron chi connectivity index (χ4n) is 2.74. The minimum atomic E-state index is -0.327. The number of rotatable bonds is 3. The predicted octanol–water partition coefficient (Wildman–Crippen LogP) is 2.68. The number of methoxy groups -OCH3 is 1. The van der Waals surface area contributed by atoms with Gasteiger partial charge in [-0.15, -0.1) is 5.10 Å². The Labute approximate surface area is 137 Å². The largest absolute Gasteiger partial charge is 0.469 e. The van der Waals surface area contributed by atoms with Gasteiger partial charge in [-0.05, 0) is 24.3 Å². The summed E-state index contributed by atoms with van der Waals surface area (Å²) in [6.45, 7) is 0. The molecule has 6 nitrogen and oxygen atoms in total. The van der Waals surface area contributed by atoms with Crippen molar-refractivity contribution in [3.63, 3.8) is 0 Å². The number of nitrogens with zero attached hydrogens (tertiary/aromatic N) is 4. The molecule has 0 N–H and O–H groups in total. The van der Waals surface area contributed by atoms with E-state index in [1.54, 1.807) is 4.68 Å². The highest BCUT2D eigenvalue weighted by molar-refractivity contribution is 5.90. The van der Waals surface area contributed by atoms with Crippen molar-refractivity contribution in [2.24, 2.45) is 0 Å². The van der Waals surface area contributed by atoms with Gasteiger partial charge in [0.25, 0.3) is 0 Å². The number of fused-ring (bicyclic) bond motifs is 2. The van der Waals surface area contributed by atoms with Gasteiger partial charge < -0.3 is 4.74 Å². The average Bonchev–Trinajstić information content (AvgIpc) is 3.05. The molecular formula is C18H14N4O2. The summed E-state index contributed by atoms with van der Waals surface area (Å²) in [5.74, 6) is -0.327. The molecule has 0 spiro atoms. The number of carbonyl (C=O) groups excluding carboxylic acids is 1. The Balaban J connectivity index is 1.97. The van der Waals surface area contributed by atoms with Gasteiger partial charge in [-0.1, -0.05) is 35.5 Å². The van der Waals surface area contributed by atoms with E-state index in [1.807, 2.05) is 54.6 Å². The lowest BCUT2D eigenvalue weighted by Crippen LogP contribution is -2.08. The van der Waals surface area contributed by atoms with Crippen LogP contribution >= 0.6 is 0 Å². The summed E-state index contributed by atoms with van der Waals surface area (Å²) in [6, 6.07) is 17.4. The smallest absolute Gasteiger partial charge is 0.311 e. The van der Waals surface area contributed by atoms with E-state index in [0.29, 0.717) is 5.69 Å². The summed E-state index contributed by atoms with van der Waals surface area (Å²) < 4.78 is 6.53. The monoisotopic (exact) mass is 318 g/mol. The molecule has 0 amide bonds. The molecule has 0 unspecified atom stereocenters. The van der Waals surface area contributed by atoms with E-state index in [2.05, 4.69) is 15.3 Å². The van der Waals surface area contributed by atoms with Gasteiger partial charge >= 0.3 is 5.97 Å². The Morgan fingerprint density at radius 2 is 1.83 bits per heavy atom. The number of para-hydroxylation sites is 2. The molecule has 0 aliphatic heterocycles. The molecule has 0 aliphatic carbocycles. The van der Waals surface area contributed by atoms with Gasteiger partial charge in [-0.3, -0.25) is 9.78 Å². The Hall–Kier alpha value is -3.28. The molecule has 2 aromatic carbocycles. The quantitative estimate of drug-likeness (QED) is 0.543. The molecule has 0 fully saturated rings. The van der Waals surface area contributed by atoms with Gasteiger partial charge in [0.2, 0.25) is 0 Å². The number of benzene rings is 2. The van der Waals surface area contributed by atoms with Crippen molar-refractivity contribution in [1.82, 2.24) is 20.0 Å². The zero-order valence-electron chi connectivity index (χ0n) is 13.0. The molecule has 0 atom stereocenters. The van der Waals surface area contributed by atoms with Gasteiger partial charge in [-0.2, -0.15) is 0 Å². The van der Waals surface area contributed by atoms with Crippen molar-refractivity contribution >= 4 is 27.9 Å². The molecule has 118 valence electrons. The fraction of sp³-hybridized carbons (Fsp3) is 0.111. The molecule has 0 saturated carbocycles. The van der Waals surface area contributed by atoms with Crippen LogP contribution in [0.2, 0.25) is 0 Å². The maximum atomic E-state index is 11.6. The molecular weight excluding hydrogens is 304 g/mol. The van der Waals surface area contributed by atoms with E-state index in [1.165, 1.54) is 7.11 Å². The number of hydrogen-bond donors (Lipinski definition) is 0. The SMILES string of the molecule is COC(=O)Cc1cc(-n2nnc3ccccc32)c2ccccc2n1. The van der Waals surface area contributed by atoms with Crippen molar-refractivity contribution in [3.8, 4) is 5.69 Å². The average molecular weight is 318 g/mol. The zero-order chi connectivity index (χ0) is 16.5. The third-order valence-electron chi connectivity index (χ3n) is 3.88. The van der Waals surface area contributed by atoms with Crippen molar-refractivity contribution in [3.05, 3.63) is 60.3 Å². The van der Waals surface area contributed by atoms with Crippen LogP contribution in [0.25, 0.3) is 27.6 Å². The van der Waals surface area contributed by atoms with Crippen LogP contribution in [0.3, 0.4) is 0 Å². The highest BCUT2D eigenvalue weighted by atomic mass is 16.5. The van der Waals surface area contributed by atoms with E-state index in [0.717, 1.165) is 27.6 Å². The van der Waals surface area contributed by atoms with Crippen LogP contribution < -0.4 is 0 Å². The highest BCUT2D eigenvalue weighted by Gasteiger charge is 2.13. The summed E-state index contributed by atoms with van der Waals surface area (Å²) >= 11 is 0. The molecule has 24 heavy (non-hydrogen) atoms. The second kappa shape index (κ2) is 5.73. The van der Waals surface area contributed by atoms with Gasteiger partial charge in [0.1, 0.15) is 5.52 Å². The second-order valence-corrected chi connectivity index (χ2v) is 5.39. The zero-order valence-corrected chi connectivity index (χ0v) is 13.0. The fourth-order valence-corrected chi connectivity index (χ4v) is 2.74. The van der Waals surface area contributed by atoms with E-state index in [4.69, 9.17) is 4.74 Å². The molecule has 0 saturated heterocycles. The van der Waals surface area contributed by atoms with Crippen molar-refractivity contribution < 1.29 is 9.53 Å². The molecule has 2 heterocycles. The maximum Gasteiger partial charge on any atom is 0.311 e. The number of esters is 1. The molecule has 4 aromatic rings. The van der Waals surface area contributed by atoms with Gasteiger partial charge in [0.15, 0.2) is 0 Å². The lowest BCUT2D eigenvalue weighted by atomic mass is 10.1. The van der Waals surface area contributed by atoms with Crippen molar-refractivity contribution in [2.75, 3.05) is 7.11 Å². The first-order chi connectivity index (χ1) is 11.8. The van der Waals surface area contributed by atoms with Crippen molar-refractivity contribution in [1.29, 1.82) is 0 Å². The lowest BCUT2D eigenvalue weighted by Gasteiger charge is -2.09. The lowest BCUT2D eigenvalue weighted by molar-refractivity contribution is -0.139. The summed E-state index contributed by atoms with van der Waals surface area (Å²) in [4.78, 5) is 16.2. The van der Waals surface area contributed by atoms with Crippen LogP contribution in [0.5, 0.6) is 0 Å².